The van der Waals surface area contributed by atoms with Gasteiger partial charge in [0.05, 0.1) is 0 Å². The standard InChI is InChI=1S/C19H18ClN3O2/c1-23(11-13-4-2-3-5-15(13)20)19(24)21-14-8-9-17-16(10-14)22-18(25-17)12-6-7-12/h2-5,8-10,12H,6-7,11H2,1H3,(H,21,24). The zero-order chi connectivity index (χ0) is 17.4. The van der Waals surface area contributed by atoms with Crippen molar-refractivity contribution in [2.24, 2.45) is 0 Å². The Morgan fingerprint density at radius 3 is 2.88 bits per heavy atom. The third-order valence-corrected chi connectivity index (χ3v) is 4.66. The number of nitrogens with zero attached hydrogens (tertiary/aromatic N) is 2. The molecule has 0 aliphatic heterocycles. The van der Waals surface area contributed by atoms with E-state index in [1.807, 2.05) is 42.5 Å². The molecule has 5 nitrogen and oxygen atoms in total. The maximum atomic E-state index is 12.4. The third-order valence-electron chi connectivity index (χ3n) is 4.29. The highest BCUT2D eigenvalue weighted by Crippen LogP contribution is 2.40. The van der Waals surface area contributed by atoms with Crippen LogP contribution in [0.15, 0.2) is 46.9 Å². The van der Waals surface area contributed by atoms with Crippen LogP contribution in [-0.2, 0) is 6.54 Å². The summed E-state index contributed by atoms with van der Waals surface area (Å²) in [6.07, 6.45) is 2.28. The number of hydrogen-bond donors (Lipinski definition) is 1. The smallest absolute Gasteiger partial charge is 0.321 e. The molecule has 1 aromatic heterocycles. The molecule has 1 aliphatic carbocycles. The van der Waals surface area contributed by atoms with Crippen molar-refractivity contribution in [1.29, 1.82) is 0 Å². The van der Waals surface area contributed by atoms with E-state index in [0.29, 0.717) is 23.2 Å². The Hall–Kier alpha value is -2.53. The van der Waals surface area contributed by atoms with Crippen LogP contribution in [0, 0.1) is 0 Å². The molecule has 128 valence electrons. The van der Waals surface area contributed by atoms with E-state index in [4.69, 9.17) is 16.0 Å². The van der Waals surface area contributed by atoms with Gasteiger partial charge >= 0.3 is 6.03 Å². The first-order valence-corrected chi connectivity index (χ1v) is 8.64. The quantitative estimate of drug-likeness (QED) is 0.714. The Labute approximate surface area is 150 Å². The number of anilines is 1. The number of carbonyl (C=O) groups excluding carboxylic acids is 1. The van der Waals surface area contributed by atoms with Gasteiger partial charge in [0.25, 0.3) is 0 Å². The van der Waals surface area contributed by atoms with Gasteiger partial charge in [-0.15, -0.1) is 0 Å². The lowest BCUT2D eigenvalue weighted by Gasteiger charge is -2.18. The lowest BCUT2D eigenvalue weighted by atomic mass is 10.2. The van der Waals surface area contributed by atoms with Crippen LogP contribution in [0.2, 0.25) is 5.02 Å². The van der Waals surface area contributed by atoms with Crippen molar-refractivity contribution < 1.29 is 9.21 Å². The Morgan fingerprint density at radius 1 is 1.32 bits per heavy atom. The van der Waals surface area contributed by atoms with Crippen LogP contribution in [0.3, 0.4) is 0 Å². The number of halogens is 1. The topological polar surface area (TPSA) is 58.4 Å². The molecule has 4 rings (SSSR count). The Kier molecular flexibility index (Phi) is 4.09. The van der Waals surface area contributed by atoms with E-state index in [1.165, 1.54) is 0 Å². The lowest BCUT2D eigenvalue weighted by Crippen LogP contribution is -2.30. The first-order chi connectivity index (χ1) is 12.1. The van der Waals surface area contributed by atoms with E-state index in [2.05, 4.69) is 10.3 Å². The molecule has 1 saturated carbocycles. The zero-order valence-corrected chi connectivity index (χ0v) is 14.6. The molecular formula is C19H18ClN3O2. The van der Waals surface area contributed by atoms with Crippen molar-refractivity contribution in [3.05, 3.63) is 58.9 Å². The van der Waals surface area contributed by atoms with Gasteiger partial charge in [-0.25, -0.2) is 9.78 Å². The number of amides is 2. The number of hydrogen-bond acceptors (Lipinski definition) is 3. The molecular weight excluding hydrogens is 338 g/mol. The molecule has 1 aliphatic rings. The minimum atomic E-state index is -0.204. The molecule has 0 saturated heterocycles. The molecule has 1 N–H and O–H groups in total. The van der Waals surface area contributed by atoms with Crippen molar-refractivity contribution in [3.8, 4) is 0 Å². The Balaban J connectivity index is 1.46. The number of urea groups is 1. The summed E-state index contributed by atoms with van der Waals surface area (Å²) in [5.41, 5.74) is 3.12. The monoisotopic (exact) mass is 355 g/mol. The van der Waals surface area contributed by atoms with Gasteiger partial charge in [0.15, 0.2) is 11.5 Å². The molecule has 0 radical (unpaired) electrons. The van der Waals surface area contributed by atoms with Crippen molar-refractivity contribution in [3.63, 3.8) is 0 Å². The van der Waals surface area contributed by atoms with Crippen molar-refractivity contribution in [2.75, 3.05) is 12.4 Å². The molecule has 0 atom stereocenters. The van der Waals surface area contributed by atoms with E-state index in [1.54, 1.807) is 11.9 Å². The van der Waals surface area contributed by atoms with Gasteiger partial charge in [-0.05, 0) is 42.7 Å². The number of benzene rings is 2. The summed E-state index contributed by atoms with van der Waals surface area (Å²) in [7, 11) is 1.73. The van der Waals surface area contributed by atoms with E-state index in [0.717, 1.165) is 35.4 Å². The first-order valence-electron chi connectivity index (χ1n) is 8.26. The number of fused-ring (bicyclic) bond motifs is 1. The van der Waals surface area contributed by atoms with Gasteiger partial charge in [-0.1, -0.05) is 29.8 Å². The largest absolute Gasteiger partial charge is 0.440 e. The highest BCUT2D eigenvalue weighted by atomic mass is 35.5. The van der Waals surface area contributed by atoms with E-state index >= 15 is 0 Å². The molecule has 0 spiro atoms. The molecule has 2 aromatic carbocycles. The van der Waals surface area contributed by atoms with Crippen molar-refractivity contribution >= 4 is 34.4 Å². The third kappa shape index (κ3) is 3.46. The number of nitrogens with one attached hydrogen (secondary N) is 1. The summed E-state index contributed by atoms with van der Waals surface area (Å²) >= 11 is 6.15. The van der Waals surface area contributed by atoms with Gasteiger partial charge in [0.2, 0.25) is 0 Å². The minimum absolute atomic E-state index is 0.204. The predicted molar refractivity (Wildman–Crippen MR) is 97.9 cm³/mol. The Morgan fingerprint density at radius 2 is 2.12 bits per heavy atom. The van der Waals surface area contributed by atoms with Crippen LogP contribution in [0.5, 0.6) is 0 Å². The molecule has 0 unspecified atom stereocenters. The zero-order valence-electron chi connectivity index (χ0n) is 13.8. The maximum Gasteiger partial charge on any atom is 0.321 e. The fourth-order valence-electron chi connectivity index (χ4n) is 2.70. The minimum Gasteiger partial charge on any atom is -0.440 e. The molecule has 25 heavy (non-hydrogen) atoms. The SMILES string of the molecule is CN(Cc1ccccc1Cl)C(=O)Nc1ccc2oc(C3CC3)nc2c1. The lowest BCUT2D eigenvalue weighted by molar-refractivity contribution is 0.220. The highest BCUT2D eigenvalue weighted by molar-refractivity contribution is 6.31. The van der Waals surface area contributed by atoms with Crippen LogP contribution in [0.1, 0.15) is 30.2 Å². The fourth-order valence-corrected chi connectivity index (χ4v) is 2.90. The molecule has 2 amide bonds. The first kappa shape index (κ1) is 16.0. The summed E-state index contributed by atoms with van der Waals surface area (Å²) in [6.45, 7) is 0.434. The van der Waals surface area contributed by atoms with E-state index < -0.39 is 0 Å². The summed E-state index contributed by atoms with van der Waals surface area (Å²) in [6, 6.07) is 12.8. The predicted octanol–water partition coefficient (Wildman–Crippen LogP) is 5.02. The second-order valence-electron chi connectivity index (χ2n) is 6.39. The summed E-state index contributed by atoms with van der Waals surface area (Å²) in [5.74, 6) is 1.27. The van der Waals surface area contributed by atoms with Crippen LogP contribution in [0.25, 0.3) is 11.1 Å². The maximum absolute atomic E-state index is 12.4. The summed E-state index contributed by atoms with van der Waals surface area (Å²) in [4.78, 5) is 18.5. The molecule has 1 heterocycles. The van der Waals surface area contributed by atoms with Crippen LogP contribution in [-0.4, -0.2) is 23.0 Å². The van der Waals surface area contributed by atoms with Crippen LogP contribution in [0.4, 0.5) is 10.5 Å². The normalized spacial score (nSPS) is 13.8. The van der Waals surface area contributed by atoms with Gasteiger partial charge in [-0.3, -0.25) is 0 Å². The summed E-state index contributed by atoms with van der Waals surface area (Å²) < 4.78 is 5.74. The van der Waals surface area contributed by atoms with Gasteiger partial charge in [0.1, 0.15) is 5.52 Å². The van der Waals surface area contributed by atoms with E-state index in [-0.39, 0.29) is 6.03 Å². The van der Waals surface area contributed by atoms with E-state index in [9.17, 15) is 4.79 Å². The highest BCUT2D eigenvalue weighted by Gasteiger charge is 2.28. The van der Waals surface area contributed by atoms with Crippen LogP contribution >= 0.6 is 11.6 Å². The average molecular weight is 356 g/mol. The molecule has 3 aromatic rings. The number of carbonyl (C=O) groups is 1. The number of aromatic nitrogens is 1. The second kappa shape index (κ2) is 6.41. The van der Waals surface area contributed by atoms with Gasteiger partial charge < -0.3 is 14.6 Å². The molecule has 6 heteroatoms. The average Bonchev–Trinajstić information content (AvgIpc) is 3.36. The van der Waals surface area contributed by atoms with Gasteiger partial charge in [-0.2, -0.15) is 0 Å². The second-order valence-corrected chi connectivity index (χ2v) is 6.79. The summed E-state index contributed by atoms with van der Waals surface area (Å²) in [5, 5.41) is 3.54. The van der Waals surface area contributed by atoms with Crippen molar-refractivity contribution in [2.45, 2.75) is 25.3 Å². The Bertz CT molecular complexity index is 933. The molecule has 1 fully saturated rings. The van der Waals surface area contributed by atoms with Gasteiger partial charge in [0, 0.05) is 30.2 Å². The fraction of sp³-hybridized carbons (Fsp3) is 0.263. The van der Waals surface area contributed by atoms with Crippen molar-refractivity contribution in [1.82, 2.24) is 9.88 Å². The number of oxazole rings is 1. The number of rotatable bonds is 4. The van der Waals surface area contributed by atoms with Crippen LogP contribution < -0.4 is 5.32 Å². The molecule has 0 bridgehead atoms.